The van der Waals surface area contributed by atoms with E-state index in [0.29, 0.717) is 18.5 Å². The van der Waals surface area contributed by atoms with Gasteiger partial charge in [-0.3, -0.25) is 4.79 Å². The molecule has 0 aromatic heterocycles. The molecule has 0 fully saturated rings. The minimum atomic E-state index is -0.694. The fourth-order valence-electron chi connectivity index (χ4n) is 3.52. The maximum Gasteiger partial charge on any atom is 0.224 e. The summed E-state index contributed by atoms with van der Waals surface area (Å²) in [7, 11) is 0. The standard InChI is InChI=1S/C21H26N2O3/c1-2-17(22-13-12-14-6-4-3-5-7-14)21(26)16-8-10-18(24)20-15(16)9-11-19(25)23-20/h3-8,10,17,21-22,24,26H,2,9,11-13H2,1H3,(H,23,25). The molecule has 4 N–H and O–H groups in total. The molecule has 5 nitrogen and oxygen atoms in total. The summed E-state index contributed by atoms with van der Waals surface area (Å²) in [5, 5.41) is 27.1. The maximum atomic E-state index is 11.6. The van der Waals surface area contributed by atoms with Gasteiger partial charge in [0.05, 0.1) is 11.8 Å². The van der Waals surface area contributed by atoms with E-state index in [-0.39, 0.29) is 17.7 Å². The third kappa shape index (κ3) is 4.06. The van der Waals surface area contributed by atoms with Crippen molar-refractivity contribution in [2.45, 2.75) is 44.8 Å². The van der Waals surface area contributed by atoms with Gasteiger partial charge in [-0.15, -0.1) is 0 Å². The summed E-state index contributed by atoms with van der Waals surface area (Å²) < 4.78 is 0. The number of amides is 1. The molecule has 0 saturated heterocycles. The molecule has 0 bridgehead atoms. The van der Waals surface area contributed by atoms with Crippen LogP contribution in [0.25, 0.3) is 0 Å². The molecular formula is C21H26N2O3. The molecule has 1 aliphatic heterocycles. The lowest BCUT2D eigenvalue weighted by molar-refractivity contribution is -0.116. The van der Waals surface area contributed by atoms with Gasteiger partial charge in [-0.2, -0.15) is 0 Å². The molecule has 0 spiro atoms. The van der Waals surface area contributed by atoms with Gasteiger partial charge in [0.25, 0.3) is 0 Å². The Morgan fingerprint density at radius 1 is 1.15 bits per heavy atom. The van der Waals surface area contributed by atoms with Crippen molar-refractivity contribution in [1.29, 1.82) is 0 Å². The molecule has 3 rings (SSSR count). The lowest BCUT2D eigenvalue weighted by Gasteiger charge is -2.28. The Morgan fingerprint density at radius 2 is 1.92 bits per heavy atom. The summed E-state index contributed by atoms with van der Waals surface area (Å²) in [6.45, 7) is 2.81. The molecule has 2 unspecified atom stereocenters. The molecule has 5 heteroatoms. The highest BCUT2D eigenvalue weighted by Gasteiger charge is 2.27. The smallest absolute Gasteiger partial charge is 0.224 e. The van der Waals surface area contributed by atoms with Crippen LogP contribution in [0, 0.1) is 0 Å². The first-order chi connectivity index (χ1) is 12.6. The first-order valence-corrected chi connectivity index (χ1v) is 9.20. The van der Waals surface area contributed by atoms with Gasteiger partial charge in [0, 0.05) is 12.5 Å². The highest BCUT2D eigenvalue weighted by molar-refractivity contribution is 5.96. The topological polar surface area (TPSA) is 81.6 Å². The summed E-state index contributed by atoms with van der Waals surface area (Å²) >= 11 is 0. The quantitative estimate of drug-likeness (QED) is 0.576. The van der Waals surface area contributed by atoms with Crippen LogP contribution in [0.4, 0.5) is 5.69 Å². The van der Waals surface area contributed by atoms with E-state index in [1.54, 1.807) is 12.1 Å². The molecule has 1 amide bonds. The number of anilines is 1. The van der Waals surface area contributed by atoms with E-state index in [0.717, 1.165) is 30.5 Å². The summed E-state index contributed by atoms with van der Waals surface area (Å²) in [6.07, 6.45) is 1.88. The average Bonchev–Trinajstić information content (AvgIpc) is 2.66. The van der Waals surface area contributed by atoms with Crippen LogP contribution in [-0.2, 0) is 17.6 Å². The number of carbonyl (C=O) groups is 1. The van der Waals surface area contributed by atoms with E-state index in [1.807, 2.05) is 25.1 Å². The number of hydrogen-bond donors (Lipinski definition) is 4. The molecule has 138 valence electrons. The second-order valence-electron chi connectivity index (χ2n) is 6.72. The van der Waals surface area contributed by atoms with Crippen molar-refractivity contribution in [3.63, 3.8) is 0 Å². The fourth-order valence-corrected chi connectivity index (χ4v) is 3.52. The zero-order valence-corrected chi connectivity index (χ0v) is 15.0. The van der Waals surface area contributed by atoms with Crippen molar-refractivity contribution in [2.24, 2.45) is 0 Å². The van der Waals surface area contributed by atoms with Crippen molar-refractivity contribution >= 4 is 11.6 Å². The van der Waals surface area contributed by atoms with Crippen LogP contribution in [0.3, 0.4) is 0 Å². The largest absolute Gasteiger partial charge is 0.506 e. The number of aromatic hydroxyl groups is 1. The van der Waals surface area contributed by atoms with Crippen LogP contribution >= 0.6 is 0 Å². The van der Waals surface area contributed by atoms with E-state index in [2.05, 4.69) is 22.8 Å². The van der Waals surface area contributed by atoms with Gasteiger partial charge >= 0.3 is 0 Å². The van der Waals surface area contributed by atoms with Crippen LogP contribution in [0.15, 0.2) is 42.5 Å². The van der Waals surface area contributed by atoms with Crippen molar-refractivity contribution in [3.05, 3.63) is 59.2 Å². The lowest BCUT2D eigenvalue weighted by atomic mass is 9.90. The Labute approximate surface area is 154 Å². The molecule has 0 saturated carbocycles. The number of carbonyl (C=O) groups excluding carboxylic acids is 1. The second kappa shape index (κ2) is 8.34. The Hall–Kier alpha value is -2.37. The maximum absolute atomic E-state index is 11.6. The third-order valence-electron chi connectivity index (χ3n) is 5.00. The van der Waals surface area contributed by atoms with Gasteiger partial charge in [0.1, 0.15) is 5.75 Å². The van der Waals surface area contributed by atoms with Crippen molar-refractivity contribution in [3.8, 4) is 5.75 Å². The molecule has 0 aliphatic carbocycles. The number of nitrogens with one attached hydrogen (secondary N) is 2. The van der Waals surface area contributed by atoms with Crippen LogP contribution in [0.5, 0.6) is 5.75 Å². The highest BCUT2D eigenvalue weighted by atomic mass is 16.3. The number of benzene rings is 2. The van der Waals surface area contributed by atoms with Crippen molar-refractivity contribution < 1.29 is 15.0 Å². The fraction of sp³-hybridized carbons (Fsp3) is 0.381. The third-order valence-corrected chi connectivity index (χ3v) is 5.00. The number of rotatable bonds is 7. The van der Waals surface area contributed by atoms with Gasteiger partial charge in [-0.1, -0.05) is 43.3 Å². The minimum absolute atomic E-state index is 0.0501. The Bertz CT molecular complexity index is 761. The van der Waals surface area contributed by atoms with Gasteiger partial charge < -0.3 is 20.8 Å². The van der Waals surface area contributed by atoms with Crippen molar-refractivity contribution in [2.75, 3.05) is 11.9 Å². The monoisotopic (exact) mass is 354 g/mol. The zero-order chi connectivity index (χ0) is 18.5. The van der Waals surface area contributed by atoms with Crippen LogP contribution in [-0.4, -0.2) is 28.7 Å². The Morgan fingerprint density at radius 3 is 2.65 bits per heavy atom. The summed E-state index contributed by atoms with van der Waals surface area (Å²) in [6, 6.07) is 13.5. The number of phenols is 1. The lowest BCUT2D eigenvalue weighted by Crippen LogP contribution is -2.36. The van der Waals surface area contributed by atoms with Gasteiger partial charge in [-0.05, 0) is 48.6 Å². The number of hydrogen-bond acceptors (Lipinski definition) is 4. The van der Waals surface area contributed by atoms with Crippen LogP contribution in [0.1, 0.15) is 42.6 Å². The molecule has 2 aromatic rings. The summed E-state index contributed by atoms with van der Waals surface area (Å²) in [5.41, 5.74) is 3.31. The normalized spacial score (nSPS) is 15.8. The first-order valence-electron chi connectivity index (χ1n) is 9.20. The van der Waals surface area contributed by atoms with Crippen LogP contribution in [0.2, 0.25) is 0 Å². The average molecular weight is 354 g/mol. The zero-order valence-electron chi connectivity index (χ0n) is 15.0. The van der Waals surface area contributed by atoms with Gasteiger partial charge in [0.15, 0.2) is 0 Å². The second-order valence-corrected chi connectivity index (χ2v) is 6.72. The molecule has 2 aromatic carbocycles. The minimum Gasteiger partial charge on any atom is -0.506 e. The predicted molar refractivity (Wildman–Crippen MR) is 102 cm³/mol. The molecule has 2 atom stereocenters. The molecule has 0 radical (unpaired) electrons. The molecule has 1 heterocycles. The number of phenolic OH excluding ortho intramolecular Hbond substituents is 1. The van der Waals surface area contributed by atoms with E-state index < -0.39 is 6.10 Å². The Kier molecular flexibility index (Phi) is 5.91. The number of aliphatic hydroxyl groups is 1. The van der Waals surface area contributed by atoms with Crippen LogP contribution < -0.4 is 10.6 Å². The van der Waals surface area contributed by atoms with E-state index >= 15 is 0 Å². The number of fused-ring (bicyclic) bond motifs is 1. The number of aliphatic hydroxyl groups excluding tert-OH is 1. The van der Waals surface area contributed by atoms with E-state index in [4.69, 9.17) is 0 Å². The summed E-state index contributed by atoms with van der Waals surface area (Å²) in [5.74, 6) is -0.0541. The van der Waals surface area contributed by atoms with Gasteiger partial charge in [0.2, 0.25) is 5.91 Å². The van der Waals surface area contributed by atoms with E-state index in [9.17, 15) is 15.0 Å². The molecule has 26 heavy (non-hydrogen) atoms. The Balaban J connectivity index is 1.71. The first kappa shape index (κ1) is 18.4. The highest BCUT2D eigenvalue weighted by Crippen LogP contribution is 2.37. The van der Waals surface area contributed by atoms with E-state index in [1.165, 1.54) is 5.56 Å². The predicted octanol–water partition coefficient (Wildman–Crippen LogP) is 2.92. The molecular weight excluding hydrogens is 328 g/mol. The SMILES string of the molecule is CCC(NCCc1ccccc1)C(O)c1ccc(O)c2c1CCC(=O)N2. The van der Waals surface area contributed by atoms with Crippen molar-refractivity contribution in [1.82, 2.24) is 5.32 Å². The summed E-state index contributed by atoms with van der Waals surface area (Å²) in [4.78, 5) is 11.6. The van der Waals surface area contributed by atoms with Gasteiger partial charge in [-0.25, -0.2) is 0 Å². The molecule has 1 aliphatic rings.